The van der Waals surface area contributed by atoms with Crippen molar-refractivity contribution in [1.29, 1.82) is 0 Å². The first-order valence-electron chi connectivity index (χ1n) is 16.1. The Labute approximate surface area is 277 Å². The molecule has 2 aliphatic heterocycles. The van der Waals surface area contributed by atoms with Gasteiger partial charge in [0.05, 0.1) is 15.6 Å². The van der Waals surface area contributed by atoms with Gasteiger partial charge in [0.1, 0.15) is 17.0 Å². The van der Waals surface area contributed by atoms with Crippen molar-refractivity contribution in [3.8, 4) is 11.5 Å². The largest absolute Gasteiger partial charge is 0.457 e. The van der Waals surface area contributed by atoms with Crippen LogP contribution in [0.1, 0.15) is 63.7 Å². The molecule has 47 heavy (non-hydrogen) atoms. The van der Waals surface area contributed by atoms with Crippen LogP contribution in [0.5, 0.6) is 11.5 Å². The van der Waals surface area contributed by atoms with Gasteiger partial charge in [-0.05, 0) is 79.6 Å². The summed E-state index contributed by atoms with van der Waals surface area (Å²) in [5, 5.41) is 3.80. The van der Waals surface area contributed by atoms with E-state index in [0.29, 0.717) is 75.1 Å². The molecular formula is C36H39N5O5S. The van der Waals surface area contributed by atoms with Gasteiger partial charge in [0, 0.05) is 54.9 Å². The Balaban J connectivity index is 1.20. The highest BCUT2D eigenvalue weighted by atomic mass is 32.1. The Bertz CT molecular complexity index is 1870. The number of hydrogen-bond acceptors (Lipinski definition) is 9. The first-order valence-corrected chi connectivity index (χ1v) is 16.9. The lowest BCUT2D eigenvalue weighted by atomic mass is 9.69. The molecule has 1 aliphatic carbocycles. The van der Waals surface area contributed by atoms with E-state index in [2.05, 4.69) is 5.32 Å². The Hall–Kier alpha value is -4.29. The second kappa shape index (κ2) is 12.4. The van der Waals surface area contributed by atoms with E-state index in [0.717, 1.165) is 31.2 Å². The number of thiophene rings is 1. The van der Waals surface area contributed by atoms with Crippen LogP contribution in [-0.4, -0.2) is 54.8 Å². The zero-order valence-corrected chi connectivity index (χ0v) is 27.1. The Morgan fingerprint density at radius 2 is 1.77 bits per heavy atom. The van der Waals surface area contributed by atoms with E-state index in [1.807, 2.05) is 54.3 Å². The van der Waals surface area contributed by atoms with Gasteiger partial charge in [-0.25, -0.2) is 0 Å². The molecule has 3 unspecified atom stereocenters. The van der Waals surface area contributed by atoms with E-state index in [1.54, 1.807) is 18.2 Å². The first kappa shape index (κ1) is 31.3. The summed E-state index contributed by atoms with van der Waals surface area (Å²) >= 11 is 1.23. The predicted molar refractivity (Wildman–Crippen MR) is 181 cm³/mol. The van der Waals surface area contributed by atoms with Gasteiger partial charge in [-0.15, -0.1) is 11.3 Å². The number of ether oxygens (including phenoxy) is 2. The second-order valence-corrected chi connectivity index (χ2v) is 13.8. The SMILES string of the molecule is Cc1cc(Oc2ccccc2)ccc1C1(N)C(=O)C(N)c2c(C(=O)NC3CCCN(C(=O)C4CCOCC4)C3)sc3c(N)ccc1c23. The number of likely N-dealkylation sites (tertiary alicyclic amines) is 1. The number of benzene rings is 3. The zero-order chi connectivity index (χ0) is 32.9. The normalized spacial score (nSPS) is 23.1. The molecule has 7 rings (SSSR count). The van der Waals surface area contributed by atoms with Crippen LogP contribution in [0.15, 0.2) is 60.7 Å². The van der Waals surface area contributed by atoms with Gasteiger partial charge in [0.15, 0.2) is 5.78 Å². The number of carbonyl (C=O) groups excluding carboxylic acids is 3. The maximum Gasteiger partial charge on any atom is 0.262 e. The Kier molecular flexibility index (Phi) is 8.25. The molecule has 3 heterocycles. The number of piperidine rings is 1. The highest BCUT2D eigenvalue weighted by Gasteiger charge is 2.49. The van der Waals surface area contributed by atoms with Crippen molar-refractivity contribution in [1.82, 2.24) is 10.2 Å². The molecule has 0 saturated carbocycles. The first-order chi connectivity index (χ1) is 22.7. The molecule has 11 heteroatoms. The average molecular weight is 654 g/mol. The number of ketones is 1. The molecule has 3 aliphatic rings. The monoisotopic (exact) mass is 653 g/mol. The fourth-order valence-electron chi connectivity index (χ4n) is 7.34. The van der Waals surface area contributed by atoms with Crippen LogP contribution in [0.4, 0.5) is 5.69 Å². The number of carbonyl (C=O) groups is 3. The summed E-state index contributed by atoms with van der Waals surface area (Å²) in [4.78, 5) is 43.7. The smallest absolute Gasteiger partial charge is 0.262 e. The lowest BCUT2D eigenvalue weighted by Crippen LogP contribution is -2.53. The van der Waals surface area contributed by atoms with Crippen molar-refractivity contribution in [3.05, 3.63) is 87.8 Å². The molecule has 1 aromatic heterocycles. The molecule has 0 bridgehead atoms. The number of nitrogens with one attached hydrogen (secondary N) is 1. The highest BCUT2D eigenvalue weighted by Crippen LogP contribution is 2.50. The van der Waals surface area contributed by atoms with Crippen molar-refractivity contribution in [3.63, 3.8) is 0 Å². The van der Waals surface area contributed by atoms with E-state index in [9.17, 15) is 14.4 Å². The summed E-state index contributed by atoms with van der Waals surface area (Å²) in [6.07, 6.45) is 2.98. The fraction of sp³-hybridized carbons (Fsp3) is 0.361. The lowest BCUT2D eigenvalue weighted by molar-refractivity contribution is -0.139. The minimum absolute atomic E-state index is 0.0385. The molecule has 3 aromatic carbocycles. The number of nitrogens with two attached hydrogens (primary N) is 3. The number of Topliss-reactive ketones (excluding diaryl/α,β-unsaturated/α-hetero) is 1. The molecule has 3 atom stereocenters. The van der Waals surface area contributed by atoms with Gasteiger partial charge in [0.25, 0.3) is 5.91 Å². The van der Waals surface area contributed by atoms with E-state index in [1.165, 1.54) is 11.3 Å². The number of nitrogens with zero attached hydrogens (tertiary/aromatic N) is 1. The van der Waals surface area contributed by atoms with Gasteiger partial charge in [-0.2, -0.15) is 0 Å². The summed E-state index contributed by atoms with van der Waals surface area (Å²) in [5.74, 6) is 0.658. The number of amides is 2. The minimum Gasteiger partial charge on any atom is -0.457 e. The van der Waals surface area contributed by atoms with Crippen LogP contribution >= 0.6 is 11.3 Å². The van der Waals surface area contributed by atoms with Crippen LogP contribution in [0.25, 0.3) is 10.1 Å². The van der Waals surface area contributed by atoms with Gasteiger partial charge in [-0.1, -0.05) is 30.3 Å². The highest BCUT2D eigenvalue weighted by molar-refractivity contribution is 7.21. The van der Waals surface area contributed by atoms with Crippen LogP contribution in [0, 0.1) is 12.8 Å². The van der Waals surface area contributed by atoms with E-state index < -0.39 is 17.4 Å². The molecule has 2 amide bonds. The Morgan fingerprint density at radius 1 is 1.02 bits per heavy atom. The third-order valence-corrected chi connectivity index (χ3v) is 11.0. The van der Waals surface area contributed by atoms with Crippen LogP contribution < -0.4 is 27.3 Å². The van der Waals surface area contributed by atoms with Gasteiger partial charge in [-0.3, -0.25) is 14.4 Å². The molecule has 4 aromatic rings. The predicted octanol–water partition coefficient (Wildman–Crippen LogP) is 4.52. The van der Waals surface area contributed by atoms with Crippen molar-refractivity contribution in [2.45, 2.75) is 50.2 Å². The Morgan fingerprint density at radius 3 is 2.51 bits per heavy atom. The van der Waals surface area contributed by atoms with Crippen molar-refractivity contribution in [2.75, 3.05) is 32.0 Å². The molecule has 10 nitrogen and oxygen atoms in total. The third-order valence-electron chi connectivity index (χ3n) is 9.76. The van der Waals surface area contributed by atoms with Crippen LogP contribution in [0.3, 0.4) is 0 Å². The van der Waals surface area contributed by atoms with Crippen molar-refractivity contribution < 1.29 is 23.9 Å². The van der Waals surface area contributed by atoms with Crippen molar-refractivity contribution in [2.24, 2.45) is 17.4 Å². The molecule has 244 valence electrons. The van der Waals surface area contributed by atoms with Gasteiger partial charge in [0.2, 0.25) is 5.91 Å². The van der Waals surface area contributed by atoms with E-state index in [-0.39, 0.29) is 23.8 Å². The number of para-hydroxylation sites is 1. The molecule has 7 N–H and O–H groups in total. The topological polar surface area (TPSA) is 163 Å². The minimum atomic E-state index is -1.57. The zero-order valence-electron chi connectivity index (χ0n) is 26.3. The van der Waals surface area contributed by atoms with Gasteiger partial charge >= 0.3 is 0 Å². The number of rotatable bonds is 6. The summed E-state index contributed by atoms with van der Waals surface area (Å²) < 4.78 is 12.1. The van der Waals surface area contributed by atoms with Crippen molar-refractivity contribution >= 4 is 44.7 Å². The van der Waals surface area contributed by atoms with E-state index in [4.69, 9.17) is 26.7 Å². The van der Waals surface area contributed by atoms with Gasteiger partial charge < -0.3 is 36.9 Å². The lowest BCUT2D eigenvalue weighted by Gasteiger charge is -2.38. The van der Waals surface area contributed by atoms with Crippen LogP contribution in [0.2, 0.25) is 0 Å². The van der Waals surface area contributed by atoms with Crippen LogP contribution in [-0.2, 0) is 19.9 Å². The number of aryl methyl sites for hydroxylation is 1. The molecule has 2 fully saturated rings. The third kappa shape index (κ3) is 5.46. The number of hydrogen-bond donors (Lipinski definition) is 4. The number of nitrogen functional groups attached to an aromatic ring is 1. The quantitative estimate of drug-likeness (QED) is 0.221. The number of anilines is 1. The second-order valence-electron chi connectivity index (χ2n) is 12.8. The summed E-state index contributed by atoms with van der Waals surface area (Å²) in [6, 6.07) is 17.0. The summed E-state index contributed by atoms with van der Waals surface area (Å²) in [5.41, 5.74) is 21.6. The molecular weight excluding hydrogens is 614 g/mol. The average Bonchev–Trinajstić information content (AvgIpc) is 3.50. The standard InChI is InChI=1S/C36H39N5O5S/c1-20-18-24(46-23-7-3-2-4-8-23)9-10-25(20)36(39)26-11-12-27(37)31-28(26)29(30(38)33(36)42)32(47-31)34(43)40-22-6-5-15-41(19-22)35(44)21-13-16-45-17-14-21/h2-4,7-12,18,21-22,30H,5-6,13-17,19,37-39H2,1H3,(H,40,43). The van der Waals surface area contributed by atoms with E-state index >= 15 is 0 Å². The maximum absolute atomic E-state index is 14.3. The summed E-state index contributed by atoms with van der Waals surface area (Å²) in [6.45, 7) is 4.20. The molecule has 0 radical (unpaired) electrons. The maximum atomic E-state index is 14.3. The molecule has 0 spiro atoms. The summed E-state index contributed by atoms with van der Waals surface area (Å²) in [7, 11) is 0. The molecule has 2 saturated heterocycles. The fourth-order valence-corrected chi connectivity index (χ4v) is 8.55.